The number of rotatable bonds is 3. The molecule has 0 unspecified atom stereocenters. The van der Waals surface area contributed by atoms with Crippen LogP contribution in [0.1, 0.15) is 0 Å². The first-order valence-electron chi connectivity index (χ1n) is 5.10. The minimum atomic E-state index is -4.10. The highest BCUT2D eigenvalue weighted by molar-refractivity contribution is 7.92. The van der Waals surface area contributed by atoms with Gasteiger partial charge < -0.3 is 0 Å². The first-order valence-corrected chi connectivity index (χ1v) is 7.72. The number of benzene rings is 1. The van der Waals surface area contributed by atoms with Crippen molar-refractivity contribution in [2.24, 2.45) is 0 Å². The maximum absolute atomic E-state index is 13.5. The molecule has 0 spiro atoms. The van der Waals surface area contributed by atoms with E-state index in [4.69, 9.17) is 34.8 Å². The molecule has 1 N–H and O–H groups in total. The average Bonchev–Trinajstić information content (AvgIpc) is 2.35. The zero-order valence-corrected chi connectivity index (χ0v) is 12.7. The van der Waals surface area contributed by atoms with E-state index < -0.39 is 25.8 Å². The molecule has 2 aromatic rings. The molecule has 0 atom stereocenters. The highest BCUT2D eigenvalue weighted by Crippen LogP contribution is 2.30. The number of aromatic nitrogens is 1. The van der Waals surface area contributed by atoms with E-state index in [2.05, 4.69) is 9.71 Å². The Balaban J connectivity index is 2.44. The molecule has 9 heteroatoms. The Morgan fingerprint density at radius 2 is 1.80 bits per heavy atom. The van der Waals surface area contributed by atoms with Gasteiger partial charge in [0.05, 0.1) is 10.0 Å². The third kappa shape index (κ3) is 3.15. The van der Waals surface area contributed by atoms with Crippen molar-refractivity contribution in [3.05, 3.63) is 51.3 Å². The number of pyridine rings is 1. The first kappa shape index (κ1) is 15.3. The van der Waals surface area contributed by atoms with Crippen LogP contribution in [-0.2, 0) is 10.0 Å². The molecule has 0 radical (unpaired) electrons. The Morgan fingerprint density at radius 3 is 2.45 bits per heavy atom. The van der Waals surface area contributed by atoms with E-state index in [1.54, 1.807) is 0 Å². The zero-order valence-electron chi connectivity index (χ0n) is 9.57. The maximum Gasteiger partial charge on any atom is 0.264 e. The number of nitrogens with one attached hydrogen (secondary N) is 1. The van der Waals surface area contributed by atoms with Crippen LogP contribution < -0.4 is 4.72 Å². The molecular weight excluding hydrogens is 350 g/mol. The number of sulfonamides is 1. The van der Waals surface area contributed by atoms with Crippen LogP contribution in [0.4, 0.5) is 10.2 Å². The lowest BCUT2D eigenvalue weighted by Gasteiger charge is -2.09. The summed E-state index contributed by atoms with van der Waals surface area (Å²) in [5.74, 6) is -1.01. The van der Waals surface area contributed by atoms with E-state index in [0.29, 0.717) is 0 Å². The fourth-order valence-corrected chi connectivity index (χ4v) is 3.28. The number of hydrogen-bond acceptors (Lipinski definition) is 3. The van der Waals surface area contributed by atoms with Gasteiger partial charge in [0, 0.05) is 0 Å². The van der Waals surface area contributed by atoms with Crippen LogP contribution in [0.15, 0.2) is 35.2 Å². The van der Waals surface area contributed by atoms with E-state index >= 15 is 0 Å². The van der Waals surface area contributed by atoms with Gasteiger partial charge in [0.2, 0.25) is 0 Å². The van der Waals surface area contributed by atoms with Gasteiger partial charge in [-0.15, -0.1) is 0 Å². The van der Waals surface area contributed by atoms with Crippen molar-refractivity contribution in [1.29, 1.82) is 0 Å². The summed E-state index contributed by atoms with van der Waals surface area (Å²) >= 11 is 16.8. The predicted molar refractivity (Wildman–Crippen MR) is 76.5 cm³/mol. The Hall–Kier alpha value is -1.08. The molecule has 0 saturated heterocycles. The summed E-state index contributed by atoms with van der Waals surface area (Å²) in [6.45, 7) is 0. The van der Waals surface area contributed by atoms with Gasteiger partial charge in [-0.2, -0.15) is 0 Å². The van der Waals surface area contributed by atoms with Gasteiger partial charge in [-0.3, -0.25) is 4.72 Å². The number of hydrogen-bond donors (Lipinski definition) is 1. The summed E-state index contributed by atoms with van der Waals surface area (Å²) in [4.78, 5) is 3.32. The lowest BCUT2D eigenvalue weighted by molar-refractivity contribution is 0.595. The van der Waals surface area contributed by atoms with Crippen LogP contribution in [0.25, 0.3) is 0 Å². The molecule has 0 aliphatic heterocycles. The Morgan fingerprint density at radius 1 is 1.10 bits per heavy atom. The van der Waals surface area contributed by atoms with Crippen LogP contribution >= 0.6 is 34.8 Å². The van der Waals surface area contributed by atoms with E-state index in [9.17, 15) is 12.8 Å². The highest BCUT2D eigenvalue weighted by Gasteiger charge is 2.22. The second kappa shape index (κ2) is 5.73. The van der Waals surface area contributed by atoms with Crippen molar-refractivity contribution in [1.82, 2.24) is 4.98 Å². The normalized spacial score (nSPS) is 11.4. The Bertz CT molecular complexity index is 768. The van der Waals surface area contributed by atoms with Gasteiger partial charge in [0.25, 0.3) is 10.0 Å². The topological polar surface area (TPSA) is 59.1 Å². The van der Waals surface area contributed by atoms with Crippen molar-refractivity contribution < 1.29 is 12.8 Å². The van der Waals surface area contributed by atoms with Crippen LogP contribution in [0, 0.1) is 5.82 Å². The standard InChI is InChI=1S/C11H6Cl3FN2O2S/c12-6-4-5-7(10(14)11(6)15)20(18,19)17-9-3-1-2-8(13)16-9/h1-5H,(H,16,17). The molecule has 4 nitrogen and oxygen atoms in total. The molecule has 1 heterocycles. The summed E-state index contributed by atoms with van der Waals surface area (Å²) in [6.07, 6.45) is 0. The van der Waals surface area contributed by atoms with Crippen molar-refractivity contribution in [2.45, 2.75) is 4.90 Å². The Kier molecular flexibility index (Phi) is 4.39. The van der Waals surface area contributed by atoms with Crippen LogP contribution in [0.2, 0.25) is 15.2 Å². The van der Waals surface area contributed by atoms with Crippen LogP contribution in [-0.4, -0.2) is 13.4 Å². The summed E-state index contributed by atoms with van der Waals surface area (Å²) in [5.41, 5.74) is 0. The third-order valence-electron chi connectivity index (χ3n) is 2.24. The van der Waals surface area contributed by atoms with E-state index in [-0.39, 0.29) is 16.0 Å². The molecule has 0 bridgehead atoms. The second-order valence-electron chi connectivity index (χ2n) is 3.62. The molecule has 0 aliphatic rings. The number of nitrogens with zero attached hydrogens (tertiary/aromatic N) is 1. The Labute approximate surface area is 129 Å². The smallest absolute Gasteiger partial charge is 0.263 e. The van der Waals surface area contributed by atoms with Crippen molar-refractivity contribution >= 4 is 50.6 Å². The summed E-state index contributed by atoms with van der Waals surface area (Å²) in [5, 5.41) is -0.750. The highest BCUT2D eigenvalue weighted by atomic mass is 35.5. The zero-order chi connectivity index (χ0) is 14.9. The molecule has 0 amide bonds. The van der Waals surface area contributed by atoms with Gasteiger partial charge in [0.15, 0.2) is 5.82 Å². The van der Waals surface area contributed by atoms with Crippen LogP contribution in [0.5, 0.6) is 0 Å². The van der Waals surface area contributed by atoms with Crippen molar-refractivity contribution in [2.75, 3.05) is 4.72 Å². The van der Waals surface area contributed by atoms with E-state index in [1.807, 2.05) is 0 Å². The minimum Gasteiger partial charge on any atom is -0.263 e. The van der Waals surface area contributed by atoms with Gasteiger partial charge in [0.1, 0.15) is 15.9 Å². The van der Waals surface area contributed by atoms with Gasteiger partial charge in [-0.25, -0.2) is 17.8 Å². The summed E-state index contributed by atoms with van der Waals surface area (Å²) < 4.78 is 39.9. The largest absolute Gasteiger partial charge is 0.264 e. The molecule has 1 aromatic carbocycles. The molecular formula is C11H6Cl3FN2O2S. The molecule has 20 heavy (non-hydrogen) atoms. The van der Waals surface area contributed by atoms with Crippen molar-refractivity contribution in [3.8, 4) is 0 Å². The fraction of sp³-hybridized carbons (Fsp3) is 0. The maximum atomic E-state index is 13.5. The number of anilines is 1. The van der Waals surface area contributed by atoms with E-state index in [1.165, 1.54) is 18.2 Å². The molecule has 0 saturated carbocycles. The van der Waals surface area contributed by atoms with Crippen LogP contribution in [0.3, 0.4) is 0 Å². The van der Waals surface area contributed by atoms with Crippen molar-refractivity contribution in [3.63, 3.8) is 0 Å². The molecule has 106 valence electrons. The van der Waals surface area contributed by atoms with Gasteiger partial charge in [-0.05, 0) is 24.3 Å². The van der Waals surface area contributed by atoms with Gasteiger partial charge in [-0.1, -0.05) is 40.9 Å². The average molecular weight is 356 g/mol. The number of halogens is 4. The fourth-order valence-electron chi connectivity index (χ4n) is 1.37. The molecule has 0 aliphatic carbocycles. The lowest BCUT2D eigenvalue weighted by atomic mass is 10.3. The summed E-state index contributed by atoms with van der Waals surface area (Å²) in [6, 6.07) is 6.58. The monoisotopic (exact) mass is 354 g/mol. The second-order valence-corrected chi connectivity index (χ2v) is 6.45. The minimum absolute atomic E-state index is 0.0103. The molecule has 1 aromatic heterocycles. The SMILES string of the molecule is O=S(=O)(Nc1cccc(Cl)n1)c1ccc(Cl)c(F)c1Cl. The summed E-state index contributed by atoms with van der Waals surface area (Å²) in [7, 11) is -4.10. The third-order valence-corrected chi connectivity index (χ3v) is 4.62. The predicted octanol–water partition coefficient (Wildman–Crippen LogP) is 3.98. The quantitative estimate of drug-likeness (QED) is 0.669. The lowest BCUT2D eigenvalue weighted by Crippen LogP contribution is -2.15. The van der Waals surface area contributed by atoms with E-state index in [0.717, 1.165) is 12.1 Å². The molecule has 2 rings (SSSR count). The van der Waals surface area contributed by atoms with Gasteiger partial charge >= 0.3 is 0 Å². The first-order chi connectivity index (χ1) is 9.31. The molecule has 0 fully saturated rings.